The number of hydrogen-bond donors (Lipinski definition) is 1. The highest BCUT2D eigenvalue weighted by molar-refractivity contribution is 5.79. The molecule has 2 aliphatic heterocycles. The fourth-order valence-corrected chi connectivity index (χ4v) is 3.59. The lowest BCUT2D eigenvalue weighted by Gasteiger charge is -2.33. The Balaban J connectivity index is 1.53. The number of carbonyl (C=O) groups is 1. The number of hydrogen-bond acceptors (Lipinski definition) is 3. The predicted molar refractivity (Wildman–Crippen MR) is 86.3 cm³/mol. The van der Waals surface area contributed by atoms with Crippen molar-refractivity contribution in [1.29, 1.82) is 0 Å². The van der Waals surface area contributed by atoms with Crippen molar-refractivity contribution in [1.82, 2.24) is 10.2 Å². The minimum absolute atomic E-state index is 0.00544. The van der Waals surface area contributed by atoms with Gasteiger partial charge in [0.1, 0.15) is 0 Å². The minimum Gasteiger partial charge on any atom is -0.371 e. The third-order valence-electron chi connectivity index (χ3n) is 4.50. The Kier molecular flexibility index (Phi) is 4.79. The third kappa shape index (κ3) is 3.68. The van der Waals surface area contributed by atoms with Gasteiger partial charge >= 0.3 is 0 Å². The first kappa shape index (κ1) is 15.5. The van der Waals surface area contributed by atoms with Crippen LogP contribution in [0.25, 0.3) is 0 Å². The molecule has 0 radical (unpaired) electrons. The molecule has 2 fully saturated rings. The van der Waals surface area contributed by atoms with Crippen molar-refractivity contribution in [2.75, 3.05) is 19.6 Å². The van der Waals surface area contributed by atoms with E-state index in [1.54, 1.807) is 0 Å². The van der Waals surface area contributed by atoms with Gasteiger partial charge in [-0.25, -0.2) is 0 Å². The molecule has 3 unspecified atom stereocenters. The Morgan fingerprint density at radius 3 is 2.82 bits per heavy atom. The molecule has 2 aliphatic rings. The van der Waals surface area contributed by atoms with Crippen LogP contribution < -0.4 is 5.32 Å². The van der Waals surface area contributed by atoms with Gasteiger partial charge in [0.25, 0.3) is 0 Å². The van der Waals surface area contributed by atoms with Gasteiger partial charge in [0.05, 0.1) is 18.1 Å². The number of rotatable bonds is 5. The zero-order chi connectivity index (χ0) is 15.5. The van der Waals surface area contributed by atoms with Gasteiger partial charge in [-0.1, -0.05) is 44.2 Å². The predicted octanol–water partition coefficient (Wildman–Crippen LogP) is 2.05. The molecule has 3 rings (SSSR count). The molecule has 1 aromatic carbocycles. The summed E-state index contributed by atoms with van der Waals surface area (Å²) in [6, 6.07) is 10.1. The summed E-state index contributed by atoms with van der Waals surface area (Å²) in [5.41, 5.74) is 1.14. The van der Waals surface area contributed by atoms with E-state index >= 15 is 0 Å². The molecule has 120 valence electrons. The van der Waals surface area contributed by atoms with Crippen LogP contribution in [0.3, 0.4) is 0 Å². The van der Waals surface area contributed by atoms with Crippen LogP contribution in [0.4, 0.5) is 0 Å². The zero-order valence-corrected chi connectivity index (χ0v) is 13.5. The summed E-state index contributed by atoms with van der Waals surface area (Å²) in [6.07, 6.45) is 1.15. The third-order valence-corrected chi connectivity index (χ3v) is 4.50. The van der Waals surface area contributed by atoms with E-state index in [-0.39, 0.29) is 24.0 Å². The van der Waals surface area contributed by atoms with Crippen LogP contribution in [0.1, 0.15) is 25.8 Å². The van der Waals surface area contributed by atoms with Crippen LogP contribution in [0, 0.1) is 11.8 Å². The van der Waals surface area contributed by atoms with E-state index in [9.17, 15) is 4.79 Å². The van der Waals surface area contributed by atoms with Crippen molar-refractivity contribution < 1.29 is 9.53 Å². The maximum Gasteiger partial charge on any atom is 0.226 e. The number of benzene rings is 1. The van der Waals surface area contributed by atoms with Crippen molar-refractivity contribution in [2.24, 2.45) is 11.8 Å². The highest BCUT2D eigenvalue weighted by atomic mass is 16.5. The van der Waals surface area contributed by atoms with Gasteiger partial charge in [0.15, 0.2) is 0 Å². The van der Waals surface area contributed by atoms with Crippen LogP contribution in [0.15, 0.2) is 30.3 Å². The molecule has 0 saturated carbocycles. The van der Waals surface area contributed by atoms with Crippen LogP contribution >= 0.6 is 0 Å². The number of amides is 1. The van der Waals surface area contributed by atoms with E-state index < -0.39 is 0 Å². The van der Waals surface area contributed by atoms with E-state index in [4.69, 9.17) is 4.74 Å². The first-order chi connectivity index (χ1) is 10.6. The molecule has 4 nitrogen and oxygen atoms in total. The van der Waals surface area contributed by atoms with Gasteiger partial charge in [-0.3, -0.25) is 9.69 Å². The second-order valence-corrected chi connectivity index (χ2v) is 6.95. The number of likely N-dealkylation sites (tertiary alicyclic amines) is 1. The maximum absolute atomic E-state index is 12.5. The summed E-state index contributed by atoms with van der Waals surface area (Å²) in [5, 5.41) is 3.07. The summed E-state index contributed by atoms with van der Waals surface area (Å²) < 4.78 is 5.99. The molecule has 0 aromatic heterocycles. The van der Waals surface area contributed by atoms with Crippen LogP contribution in [0.5, 0.6) is 0 Å². The van der Waals surface area contributed by atoms with Crippen LogP contribution in [-0.2, 0) is 16.1 Å². The van der Waals surface area contributed by atoms with Crippen LogP contribution in [-0.4, -0.2) is 42.6 Å². The van der Waals surface area contributed by atoms with Crippen molar-refractivity contribution in [3.8, 4) is 0 Å². The molecule has 2 heterocycles. The monoisotopic (exact) mass is 302 g/mol. The van der Waals surface area contributed by atoms with Crippen LogP contribution in [0.2, 0.25) is 0 Å². The summed E-state index contributed by atoms with van der Waals surface area (Å²) in [5.74, 6) is 0.802. The van der Waals surface area contributed by atoms with Gasteiger partial charge < -0.3 is 10.1 Å². The lowest BCUT2D eigenvalue weighted by Crippen LogP contribution is -2.46. The number of ether oxygens (including phenoxy) is 1. The Hall–Kier alpha value is -1.39. The normalized spacial score (nSPS) is 28.0. The second-order valence-electron chi connectivity index (χ2n) is 6.95. The van der Waals surface area contributed by atoms with Gasteiger partial charge in [-0.05, 0) is 17.9 Å². The number of carbonyl (C=O) groups excluding carboxylic acids is 1. The molecule has 4 heteroatoms. The van der Waals surface area contributed by atoms with Crippen molar-refractivity contribution >= 4 is 5.91 Å². The van der Waals surface area contributed by atoms with Gasteiger partial charge in [-0.15, -0.1) is 0 Å². The molecular weight excluding hydrogens is 276 g/mol. The first-order valence-electron chi connectivity index (χ1n) is 8.31. The summed E-state index contributed by atoms with van der Waals surface area (Å²) >= 11 is 0. The molecule has 0 spiro atoms. The fraction of sp³-hybridized carbons (Fsp3) is 0.611. The average molecular weight is 302 g/mol. The average Bonchev–Trinajstić information content (AvgIpc) is 2.80. The summed E-state index contributed by atoms with van der Waals surface area (Å²) in [4.78, 5) is 14.9. The molecule has 1 N–H and O–H groups in total. The van der Waals surface area contributed by atoms with E-state index in [2.05, 4.69) is 24.1 Å². The number of nitrogens with zero attached hydrogens (tertiary/aromatic N) is 1. The molecule has 1 amide bonds. The van der Waals surface area contributed by atoms with Crippen molar-refractivity contribution in [3.05, 3.63) is 35.9 Å². The molecule has 2 bridgehead atoms. The van der Waals surface area contributed by atoms with Crippen molar-refractivity contribution in [3.63, 3.8) is 0 Å². The minimum atomic E-state index is 0.00544. The number of nitrogens with one attached hydrogen (secondary N) is 1. The molecular formula is C18H26N2O2. The number of morpholine rings is 1. The lowest BCUT2D eigenvalue weighted by molar-refractivity contribution is -0.128. The molecule has 0 aliphatic carbocycles. The second kappa shape index (κ2) is 6.80. The largest absolute Gasteiger partial charge is 0.371 e. The van der Waals surface area contributed by atoms with E-state index in [1.807, 2.05) is 30.3 Å². The zero-order valence-electron chi connectivity index (χ0n) is 13.5. The first-order valence-corrected chi connectivity index (χ1v) is 8.31. The molecule has 2 saturated heterocycles. The molecule has 3 atom stereocenters. The highest BCUT2D eigenvalue weighted by Crippen LogP contribution is 2.32. The van der Waals surface area contributed by atoms with Gasteiger partial charge in [-0.2, -0.15) is 0 Å². The Labute approximate surface area is 132 Å². The SMILES string of the molecule is CC(C)CN1CC2CC(C(=O)NCc3ccccc3)C(C1)O2. The maximum atomic E-state index is 12.5. The van der Waals surface area contributed by atoms with Gasteiger partial charge in [0, 0.05) is 26.2 Å². The smallest absolute Gasteiger partial charge is 0.226 e. The lowest BCUT2D eigenvalue weighted by atomic mass is 9.99. The summed E-state index contributed by atoms with van der Waals surface area (Å²) in [7, 11) is 0. The Morgan fingerprint density at radius 2 is 2.09 bits per heavy atom. The Morgan fingerprint density at radius 1 is 1.32 bits per heavy atom. The highest BCUT2D eigenvalue weighted by Gasteiger charge is 2.44. The van der Waals surface area contributed by atoms with E-state index in [0.29, 0.717) is 12.5 Å². The quantitative estimate of drug-likeness (QED) is 0.905. The van der Waals surface area contributed by atoms with E-state index in [0.717, 1.165) is 31.6 Å². The Bertz CT molecular complexity index is 503. The standard InChI is InChI=1S/C18H26N2O2/c1-13(2)10-20-11-15-8-16(17(12-20)22-15)18(21)19-9-14-6-4-3-5-7-14/h3-7,13,15-17H,8-12H2,1-2H3,(H,19,21). The number of fused-ring (bicyclic) bond motifs is 2. The van der Waals surface area contributed by atoms with Crippen molar-refractivity contribution in [2.45, 2.75) is 39.0 Å². The molecule has 22 heavy (non-hydrogen) atoms. The fourth-order valence-electron chi connectivity index (χ4n) is 3.59. The topological polar surface area (TPSA) is 41.6 Å². The summed E-state index contributed by atoms with van der Waals surface area (Å²) in [6.45, 7) is 8.02. The molecule has 1 aromatic rings. The van der Waals surface area contributed by atoms with Gasteiger partial charge in [0.2, 0.25) is 5.91 Å². The van der Waals surface area contributed by atoms with E-state index in [1.165, 1.54) is 0 Å².